The van der Waals surface area contributed by atoms with E-state index in [1.807, 2.05) is 55.0 Å². The van der Waals surface area contributed by atoms with Crippen LogP contribution in [0, 0.1) is 5.82 Å². The topological polar surface area (TPSA) is 76.7 Å². The number of pyridine rings is 3. The summed E-state index contributed by atoms with van der Waals surface area (Å²) in [6, 6.07) is 14.5. The lowest BCUT2D eigenvalue weighted by Crippen LogP contribution is -2.37. The highest BCUT2D eigenvalue weighted by molar-refractivity contribution is 9.10. The van der Waals surface area contributed by atoms with Crippen LogP contribution in [0.2, 0.25) is 0 Å². The molecule has 0 spiro atoms. The number of fused-ring (bicyclic) bond motifs is 4. The van der Waals surface area contributed by atoms with Crippen LogP contribution in [0.1, 0.15) is 25.5 Å². The molecule has 1 aliphatic rings. The molecule has 9 heteroatoms. The highest BCUT2D eigenvalue weighted by Crippen LogP contribution is 2.40. The fraction of sp³-hybridized carbons (Fsp3) is 0.172. The first-order valence-electron chi connectivity index (χ1n) is 12.5. The van der Waals surface area contributed by atoms with Gasteiger partial charge in [0.2, 0.25) is 0 Å². The second-order valence-electron chi connectivity index (χ2n) is 9.43. The maximum absolute atomic E-state index is 15.1. The van der Waals surface area contributed by atoms with Crippen molar-refractivity contribution in [1.82, 2.24) is 19.7 Å². The van der Waals surface area contributed by atoms with Crippen molar-refractivity contribution in [2.24, 2.45) is 0 Å². The van der Waals surface area contributed by atoms with Crippen LogP contribution in [0.4, 0.5) is 4.39 Å². The van der Waals surface area contributed by atoms with Gasteiger partial charge in [-0.05, 0) is 59.5 Å². The van der Waals surface area contributed by atoms with Gasteiger partial charge < -0.3 is 9.72 Å². The van der Waals surface area contributed by atoms with E-state index >= 15 is 4.39 Å². The minimum absolute atomic E-state index is 0.244. The molecule has 188 valence electrons. The van der Waals surface area contributed by atoms with Crippen LogP contribution in [-0.2, 0) is 4.74 Å². The summed E-state index contributed by atoms with van der Waals surface area (Å²) in [4.78, 5) is 21.4. The number of rotatable bonds is 3. The Labute approximate surface area is 224 Å². The fourth-order valence-corrected chi connectivity index (χ4v) is 5.96. The van der Waals surface area contributed by atoms with Crippen molar-refractivity contribution in [3.63, 3.8) is 0 Å². The Balaban J connectivity index is 1.62. The van der Waals surface area contributed by atoms with Crippen LogP contribution in [0.15, 0.2) is 82.6 Å². The van der Waals surface area contributed by atoms with Crippen molar-refractivity contribution in [3.05, 3.63) is 94.0 Å². The monoisotopic (exact) mass is 570 g/mol. The Morgan fingerprint density at radius 1 is 1.05 bits per heavy atom. The van der Waals surface area contributed by atoms with Crippen molar-refractivity contribution in [3.8, 4) is 16.8 Å². The molecule has 0 aliphatic carbocycles. The first kappa shape index (κ1) is 23.2. The molecular weight excluding hydrogens is 549 g/mol. The van der Waals surface area contributed by atoms with E-state index in [9.17, 15) is 4.79 Å². The van der Waals surface area contributed by atoms with E-state index < -0.39 is 5.82 Å². The maximum Gasteiger partial charge on any atom is 0.321 e. The molecule has 1 fully saturated rings. The predicted octanol–water partition coefficient (Wildman–Crippen LogP) is 5.97. The quantitative estimate of drug-likeness (QED) is 0.210. The molecule has 2 aromatic carbocycles. The van der Waals surface area contributed by atoms with Gasteiger partial charge in [-0.25, -0.2) is 9.07 Å². The second kappa shape index (κ2) is 9.11. The Morgan fingerprint density at radius 3 is 2.74 bits per heavy atom. The molecule has 38 heavy (non-hydrogen) atoms. The van der Waals surface area contributed by atoms with Crippen LogP contribution in [0.3, 0.4) is 0 Å². The Kier molecular flexibility index (Phi) is 5.56. The van der Waals surface area contributed by atoms with E-state index in [1.165, 1.54) is 6.07 Å². The average Bonchev–Trinajstić information content (AvgIpc) is 3.41. The summed E-state index contributed by atoms with van der Waals surface area (Å²) in [6.45, 7) is 0.652. The number of ether oxygens (including phenoxy) is 1. The lowest BCUT2D eigenvalue weighted by Gasteiger charge is -2.22. The number of aromatic nitrogens is 5. The maximum atomic E-state index is 15.1. The van der Waals surface area contributed by atoms with Gasteiger partial charge in [0.15, 0.2) is 18.2 Å². The molecule has 5 heterocycles. The standard InChI is InChI=1S/C29H21BrFN5O2/c30-21-15-19-24(17-9-10-22(31)27-20(17)16-36(34-27)23-8-2-5-14-38-23)28(35-12-3-1-4-13-35)29(37)33-25(19)18-7-6-11-32-26(18)21/h1,3-4,6-7,9-13,15-16,23H,2,5,8,14H2/p+1. The average molecular weight is 571 g/mol. The van der Waals surface area contributed by atoms with E-state index in [2.05, 4.69) is 31.0 Å². The van der Waals surface area contributed by atoms with Crippen molar-refractivity contribution >= 4 is 48.6 Å². The molecule has 6 aromatic rings. The zero-order valence-corrected chi connectivity index (χ0v) is 21.8. The third kappa shape index (κ3) is 3.65. The van der Waals surface area contributed by atoms with Gasteiger partial charge in [0.25, 0.3) is 5.69 Å². The van der Waals surface area contributed by atoms with E-state index in [0.29, 0.717) is 34.3 Å². The highest BCUT2D eigenvalue weighted by Gasteiger charge is 2.27. The summed E-state index contributed by atoms with van der Waals surface area (Å²) in [5.74, 6) is -0.419. The smallest absolute Gasteiger partial charge is 0.321 e. The SMILES string of the molecule is O=c1[nH]c2c(cc(Br)c3ncccc32)c(-c2ccc(F)c3nn(C4CCCCO4)cc23)c1-[n+]1ccccc1. The third-order valence-corrected chi connectivity index (χ3v) is 7.75. The summed E-state index contributed by atoms with van der Waals surface area (Å²) < 4.78 is 25.4. The molecule has 0 radical (unpaired) electrons. The van der Waals surface area contributed by atoms with E-state index in [4.69, 9.17) is 4.74 Å². The zero-order chi connectivity index (χ0) is 25.8. The third-order valence-electron chi connectivity index (χ3n) is 7.14. The van der Waals surface area contributed by atoms with Crippen molar-refractivity contribution in [1.29, 1.82) is 0 Å². The number of nitrogens with one attached hydrogen (secondary N) is 1. The summed E-state index contributed by atoms with van der Waals surface area (Å²) in [7, 11) is 0. The molecule has 0 bridgehead atoms. The first-order chi connectivity index (χ1) is 18.6. The van der Waals surface area contributed by atoms with Gasteiger partial charge >= 0.3 is 5.56 Å². The summed E-state index contributed by atoms with van der Waals surface area (Å²) in [5, 5.41) is 6.83. The van der Waals surface area contributed by atoms with Crippen LogP contribution < -0.4 is 10.1 Å². The summed E-state index contributed by atoms with van der Waals surface area (Å²) in [6.07, 6.45) is 9.83. The summed E-state index contributed by atoms with van der Waals surface area (Å²) in [5.41, 5.74) is 3.21. The van der Waals surface area contributed by atoms with Crippen molar-refractivity contribution in [2.75, 3.05) is 6.61 Å². The van der Waals surface area contributed by atoms with Crippen molar-refractivity contribution < 1.29 is 13.7 Å². The molecule has 7 nitrogen and oxygen atoms in total. The largest absolute Gasteiger partial charge is 0.357 e. The van der Waals surface area contributed by atoms with E-state index in [-0.39, 0.29) is 17.3 Å². The molecule has 1 aliphatic heterocycles. The molecule has 4 aromatic heterocycles. The molecular formula is C29H22BrFN5O2+. The number of halogens is 2. The summed E-state index contributed by atoms with van der Waals surface area (Å²) >= 11 is 3.69. The first-order valence-corrected chi connectivity index (χ1v) is 13.3. The van der Waals surface area contributed by atoms with Gasteiger partial charge in [-0.3, -0.25) is 9.78 Å². The minimum Gasteiger partial charge on any atom is -0.357 e. The molecule has 0 saturated carbocycles. The number of hydrogen-bond acceptors (Lipinski definition) is 4. The second-order valence-corrected chi connectivity index (χ2v) is 10.3. The van der Waals surface area contributed by atoms with Gasteiger partial charge in [0.05, 0.1) is 16.6 Å². The Morgan fingerprint density at radius 2 is 1.92 bits per heavy atom. The van der Waals surface area contributed by atoms with Crippen LogP contribution in [0.25, 0.3) is 49.5 Å². The minimum atomic E-state index is -0.419. The van der Waals surface area contributed by atoms with Gasteiger partial charge in [-0.2, -0.15) is 9.67 Å². The van der Waals surface area contributed by atoms with E-state index in [0.717, 1.165) is 40.0 Å². The molecule has 1 atom stereocenters. The molecule has 0 amide bonds. The number of nitrogens with zero attached hydrogens (tertiary/aromatic N) is 4. The van der Waals surface area contributed by atoms with Crippen LogP contribution in [0.5, 0.6) is 0 Å². The van der Waals surface area contributed by atoms with Gasteiger partial charge in [-0.15, -0.1) is 0 Å². The van der Waals surface area contributed by atoms with Gasteiger partial charge in [0, 0.05) is 57.3 Å². The Hall–Kier alpha value is -3.95. The van der Waals surface area contributed by atoms with Crippen LogP contribution >= 0.6 is 15.9 Å². The number of hydrogen-bond donors (Lipinski definition) is 1. The lowest BCUT2D eigenvalue weighted by molar-refractivity contribution is -0.596. The number of H-pyrrole nitrogens is 1. The molecule has 1 N–H and O–H groups in total. The molecule has 1 saturated heterocycles. The highest BCUT2D eigenvalue weighted by atomic mass is 79.9. The lowest BCUT2D eigenvalue weighted by atomic mass is 9.95. The molecule has 7 rings (SSSR count). The Bertz CT molecular complexity index is 1910. The van der Waals surface area contributed by atoms with Crippen LogP contribution in [-0.4, -0.2) is 26.4 Å². The van der Waals surface area contributed by atoms with E-state index in [1.54, 1.807) is 21.5 Å². The zero-order valence-electron chi connectivity index (χ0n) is 20.2. The fourth-order valence-electron chi connectivity index (χ4n) is 5.41. The predicted molar refractivity (Wildman–Crippen MR) is 147 cm³/mol. The van der Waals surface area contributed by atoms with Crippen molar-refractivity contribution in [2.45, 2.75) is 25.5 Å². The molecule has 1 unspecified atom stereocenters. The van der Waals surface area contributed by atoms with Gasteiger partial charge in [0.1, 0.15) is 11.7 Å². The van der Waals surface area contributed by atoms with Gasteiger partial charge in [-0.1, -0.05) is 12.1 Å². The number of aromatic amines is 1. The number of benzene rings is 2. The normalized spacial score (nSPS) is 16.0.